The van der Waals surface area contributed by atoms with Gasteiger partial charge in [0.15, 0.2) is 0 Å². The van der Waals surface area contributed by atoms with Crippen molar-refractivity contribution in [2.45, 2.75) is 52.5 Å². The van der Waals surface area contributed by atoms with Crippen molar-refractivity contribution >= 4 is 5.82 Å². The molecule has 3 nitrogen and oxygen atoms in total. The summed E-state index contributed by atoms with van der Waals surface area (Å²) in [6.07, 6.45) is 4.38. The van der Waals surface area contributed by atoms with E-state index in [1.807, 2.05) is 0 Å². The molecule has 1 aromatic rings. The first-order chi connectivity index (χ1) is 8.67. The van der Waals surface area contributed by atoms with Crippen LogP contribution in [0.5, 0.6) is 0 Å². The standard InChI is InChI=1S/C15H21N3/c1-4-8-18(11(2)3)15-13(10-16)9-12-6-5-7-14(12)17-15/h9,11H,4-8H2,1-3H3. The molecule has 0 N–H and O–H groups in total. The lowest BCUT2D eigenvalue weighted by Crippen LogP contribution is -2.33. The molecule has 0 aliphatic heterocycles. The van der Waals surface area contributed by atoms with Crippen LogP contribution in [0.3, 0.4) is 0 Å². The summed E-state index contributed by atoms with van der Waals surface area (Å²) in [7, 11) is 0. The molecule has 0 spiro atoms. The van der Waals surface area contributed by atoms with E-state index in [4.69, 9.17) is 4.98 Å². The summed E-state index contributed by atoms with van der Waals surface area (Å²) in [6.45, 7) is 7.43. The van der Waals surface area contributed by atoms with E-state index in [1.165, 1.54) is 17.7 Å². The van der Waals surface area contributed by atoms with Gasteiger partial charge in [-0.05, 0) is 51.2 Å². The van der Waals surface area contributed by atoms with Gasteiger partial charge in [-0.2, -0.15) is 5.26 Å². The molecule has 0 bridgehead atoms. The number of hydrogen-bond donors (Lipinski definition) is 0. The van der Waals surface area contributed by atoms with Crippen LogP contribution >= 0.6 is 0 Å². The first-order valence-electron chi connectivity index (χ1n) is 6.87. The Hall–Kier alpha value is -1.56. The Morgan fingerprint density at radius 3 is 2.83 bits per heavy atom. The van der Waals surface area contributed by atoms with Crippen molar-refractivity contribution in [2.24, 2.45) is 0 Å². The molecule has 1 aliphatic rings. The summed E-state index contributed by atoms with van der Waals surface area (Å²) in [5.41, 5.74) is 3.21. The SMILES string of the molecule is CCCN(c1nc2c(cc1C#N)CCC2)C(C)C. The van der Waals surface area contributed by atoms with Gasteiger partial charge in [-0.25, -0.2) is 4.98 Å². The van der Waals surface area contributed by atoms with Gasteiger partial charge < -0.3 is 4.90 Å². The predicted octanol–water partition coefficient (Wildman–Crippen LogP) is 3.07. The summed E-state index contributed by atoms with van der Waals surface area (Å²) in [4.78, 5) is 7.01. The molecule has 0 radical (unpaired) electrons. The van der Waals surface area contributed by atoms with Crippen molar-refractivity contribution in [3.63, 3.8) is 0 Å². The van der Waals surface area contributed by atoms with E-state index < -0.39 is 0 Å². The van der Waals surface area contributed by atoms with E-state index in [-0.39, 0.29) is 0 Å². The maximum Gasteiger partial charge on any atom is 0.147 e. The Kier molecular flexibility index (Phi) is 3.86. The number of aromatic nitrogens is 1. The number of fused-ring (bicyclic) bond motifs is 1. The summed E-state index contributed by atoms with van der Waals surface area (Å²) in [6, 6.07) is 4.74. The third-order valence-corrected chi connectivity index (χ3v) is 3.51. The monoisotopic (exact) mass is 243 g/mol. The zero-order valence-corrected chi connectivity index (χ0v) is 11.5. The molecule has 0 saturated heterocycles. The molecular weight excluding hydrogens is 222 g/mol. The highest BCUT2D eigenvalue weighted by atomic mass is 15.2. The second kappa shape index (κ2) is 5.39. The maximum absolute atomic E-state index is 9.33. The predicted molar refractivity (Wildman–Crippen MR) is 73.8 cm³/mol. The molecule has 0 unspecified atom stereocenters. The minimum atomic E-state index is 0.379. The summed E-state index contributed by atoms with van der Waals surface area (Å²) < 4.78 is 0. The fraction of sp³-hybridized carbons (Fsp3) is 0.600. The van der Waals surface area contributed by atoms with Crippen LogP contribution in [0.15, 0.2) is 6.07 Å². The largest absolute Gasteiger partial charge is 0.353 e. The van der Waals surface area contributed by atoms with Crippen LogP contribution in [0.1, 0.15) is 50.4 Å². The quantitative estimate of drug-likeness (QED) is 0.816. The van der Waals surface area contributed by atoms with E-state index in [1.54, 1.807) is 0 Å². The topological polar surface area (TPSA) is 39.9 Å². The third kappa shape index (κ3) is 2.33. The number of anilines is 1. The second-order valence-electron chi connectivity index (χ2n) is 5.22. The van der Waals surface area contributed by atoms with Crippen LogP contribution < -0.4 is 4.90 Å². The maximum atomic E-state index is 9.33. The van der Waals surface area contributed by atoms with Gasteiger partial charge in [0.1, 0.15) is 11.9 Å². The van der Waals surface area contributed by atoms with E-state index >= 15 is 0 Å². The number of pyridine rings is 1. The Bertz CT molecular complexity index is 471. The van der Waals surface area contributed by atoms with Crippen LogP contribution in [0, 0.1) is 11.3 Å². The fourth-order valence-electron chi connectivity index (χ4n) is 2.61. The van der Waals surface area contributed by atoms with E-state index in [2.05, 4.69) is 37.8 Å². The van der Waals surface area contributed by atoms with Gasteiger partial charge in [-0.3, -0.25) is 0 Å². The summed E-state index contributed by atoms with van der Waals surface area (Å²) in [5.74, 6) is 0.884. The van der Waals surface area contributed by atoms with Gasteiger partial charge in [-0.1, -0.05) is 6.92 Å². The Morgan fingerprint density at radius 2 is 2.22 bits per heavy atom. The van der Waals surface area contributed by atoms with E-state index in [0.717, 1.165) is 37.2 Å². The first kappa shape index (κ1) is 12.9. The molecule has 96 valence electrons. The van der Waals surface area contributed by atoms with Crippen LogP contribution in [0.4, 0.5) is 5.82 Å². The van der Waals surface area contributed by atoms with Crippen LogP contribution in [-0.4, -0.2) is 17.6 Å². The molecule has 3 heteroatoms. The molecule has 0 aromatic carbocycles. The highest BCUT2D eigenvalue weighted by Crippen LogP contribution is 2.28. The fourth-order valence-corrected chi connectivity index (χ4v) is 2.61. The van der Waals surface area contributed by atoms with Crippen molar-refractivity contribution in [2.75, 3.05) is 11.4 Å². The van der Waals surface area contributed by atoms with E-state index in [0.29, 0.717) is 6.04 Å². The summed E-state index contributed by atoms with van der Waals surface area (Å²) in [5, 5.41) is 9.33. The highest BCUT2D eigenvalue weighted by molar-refractivity contribution is 5.57. The molecule has 0 saturated carbocycles. The second-order valence-corrected chi connectivity index (χ2v) is 5.22. The average Bonchev–Trinajstić information content (AvgIpc) is 2.81. The Labute approximate surface area is 109 Å². The zero-order valence-electron chi connectivity index (χ0n) is 11.5. The van der Waals surface area contributed by atoms with Crippen molar-refractivity contribution in [3.8, 4) is 6.07 Å². The number of nitriles is 1. The number of aryl methyl sites for hydroxylation is 2. The molecular formula is C15H21N3. The smallest absolute Gasteiger partial charge is 0.147 e. The molecule has 2 rings (SSSR count). The normalized spacial score (nSPS) is 13.5. The van der Waals surface area contributed by atoms with Crippen molar-refractivity contribution in [1.82, 2.24) is 4.98 Å². The minimum absolute atomic E-state index is 0.379. The van der Waals surface area contributed by atoms with Crippen LogP contribution in [-0.2, 0) is 12.8 Å². The van der Waals surface area contributed by atoms with Gasteiger partial charge in [0.25, 0.3) is 0 Å². The summed E-state index contributed by atoms with van der Waals surface area (Å²) >= 11 is 0. The lowest BCUT2D eigenvalue weighted by atomic mass is 10.1. The minimum Gasteiger partial charge on any atom is -0.353 e. The van der Waals surface area contributed by atoms with Crippen molar-refractivity contribution in [1.29, 1.82) is 5.26 Å². The van der Waals surface area contributed by atoms with Crippen molar-refractivity contribution < 1.29 is 0 Å². The van der Waals surface area contributed by atoms with Gasteiger partial charge in [0.2, 0.25) is 0 Å². The Balaban J connectivity index is 2.45. The first-order valence-corrected chi connectivity index (χ1v) is 6.87. The molecule has 18 heavy (non-hydrogen) atoms. The van der Waals surface area contributed by atoms with Crippen LogP contribution in [0.25, 0.3) is 0 Å². The third-order valence-electron chi connectivity index (χ3n) is 3.51. The lowest BCUT2D eigenvalue weighted by Gasteiger charge is -2.28. The zero-order chi connectivity index (χ0) is 13.1. The number of hydrogen-bond acceptors (Lipinski definition) is 3. The highest BCUT2D eigenvalue weighted by Gasteiger charge is 2.21. The number of rotatable bonds is 4. The molecule has 0 amide bonds. The number of nitrogens with zero attached hydrogens (tertiary/aromatic N) is 3. The Morgan fingerprint density at radius 1 is 1.44 bits per heavy atom. The van der Waals surface area contributed by atoms with Crippen LogP contribution in [0.2, 0.25) is 0 Å². The average molecular weight is 243 g/mol. The van der Waals surface area contributed by atoms with Crippen molar-refractivity contribution in [3.05, 3.63) is 22.9 Å². The molecule has 0 atom stereocenters. The van der Waals surface area contributed by atoms with Gasteiger partial charge in [0, 0.05) is 18.3 Å². The molecule has 0 fully saturated rings. The molecule has 1 aliphatic carbocycles. The van der Waals surface area contributed by atoms with Gasteiger partial charge in [-0.15, -0.1) is 0 Å². The molecule has 1 aromatic heterocycles. The lowest BCUT2D eigenvalue weighted by molar-refractivity contribution is 0.659. The van der Waals surface area contributed by atoms with Gasteiger partial charge in [0.05, 0.1) is 5.56 Å². The molecule has 1 heterocycles. The van der Waals surface area contributed by atoms with Gasteiger partial charge >= 0.3 is 0 Å². The van der Waals surface area contributed by atoms with E-state index in [9.17, 15) is 5.26 Å².